The van der Waals surface area contributed by atoms with E-state index in [1.807, 2.05) is 50.5 Å². The molecule has 168 valence electrons. The van der Waals surface area contributed by atoms with Gasteiger partial charge in [0.2, 0.25) is 5.88 Å². The van der Waals surface area contributed by atoms with Crippen molar-refractivity contribution in [2.45, 2.75) is 13.8 Å². The Hall–Kier alpha value is -3.43. The maximum Gasteiger partial charge on any atom is 0.222 e. The van der Waals surface area contributed by atoms with E-state index < -0.39 is 0 Å². The van der Waals surface area contributed by atoms with Crippen molar-refractivity contribution in [3.05, 3.63) is 54.6 Å². The number of fused-ring (bicyclic) bond motifs is 1. The first-order valence-electron chi connectivity index (χ1n) is 10.2. The highest BCUT2D eigenvalue weighted by Crippen LogP contribution is 2.30. The van der Waals surface area contributed by atoms with E-state index in [-0.39, 0.29) is 12.4 Å². The number of anilines is 2. The van der Waals surface area contributed by atoms with Gasteiger partial charge in [-0.15, -0.1) is 0 Å². The summed E-state index contributed by atoms with van der Waals surface area (Å²) in [5.74, 6) is 3.28. The van der Waals surface area contributed by atoms with Gasteiger partial charge < -0.3 is 32.5 Å². The number of halogens is 1. The number of aryl methyl sites for hydroxylation is 2. The second kappa shape index (κ2) is 10.7. The monoisotopic (exact) mass is 455 g/mol. The van der Waals surface area contributed by atoms with Crippen molar-refractivity contribution in [2.24, 2.45) is 7.05 Å². The second-order valence-corrected chi connectivity index (χ2v) is 7.13. The number of nitrogens with zero attached hydrogens (tertiary/aromatic N) is 5. The van der Waals surface area contributed by atoms with E-state index in [1.165, 1.54) is 6.33 Å². The fourth-order valence-corrected chi connectivity index (χ4v) is 3.10. The van der Waals surface area contributed by atoms with Crippen LogP contribution in [0.4, 0.5) is 11.6 Å². The van der Waals surface area contributed by atoms with Crippen molar-refractivity contribution >= 4 is 22.5 Å². The van der Waals surface area contributed by atoms with Gasteiger partial charge in [0.05, 0.1) is 18.3 Å². The minimum atomic E-state index is 0. The summed E-state index contributed by atoms with van der Waals surface area (Å²) in [6, 6.07) is 9.48. The van der Waals surface area contributed by atoms with Crippen LogP contribution < -0.4 is 32.5 Å². The van der Waals surface area contributed by atoms with Gasteiger partial charge in [0, 0.05) is 30.3 Å². The SMILES string of the molecule is CC[NH2+]CCOc1cnc(Oc2ccc3ncnc(Nc4ccn(C)n4)c3c2)c(C)c1.[Cl-]. The van der Waals surface area contributed by atoms with Crippen LogP contribution in [0.3, 0.4) is 0 Å². The van der Waals surface area contributed by atoms with Crippen molar-refractivity contribution < 1.29 is 27.2 Å². The molecular weight excluding hydrogens is 430 g/mol. The molecule has 9 nitrogen and oxygen atoms in total. The third kappa shape index (κ3) is 5.63. The van der Waals surface area contributed by atoms with Crippen LogP contribution in [0.5, 0.6) is 17.4 Å². The third-order valence-corrected chi connectivity index (χ3v) is 4.67. The standard InChI is InChI=1S/C22H25N7O2.ClH/c1-4-23-8-10-30-17-11-15(2)22(24-13-17)31-16-5-6-19-18(12-16)21(26-14-25-19)27-20-7-9-29(3)28-20;/h5-7,9,11-14,23H,4,8,10H2,1-3H3,(H,25,26,27,28);1H. The largest absolute Gasteiger partial charge is 1.00 e. The van der Waals surface area contributed by atoms with Gasteiger partial charge in [-0.2, -0.15) is 5.10 Å². The van der Waals surface area contributed by atoms with Crippen LogP contribution in [0.2, 0.25) is 0 Å². The molecule has 10 heteroatoms. The molecule has 32 heavy (non-hydrogen) atoms. The molecule has 0 unspecified atom stereocenters. The number of benzene rings is 1. The molecule has 0 aliphatic heterocycles. The van der Waals surface area contributed by atoms with Crippen molar-refractivity contribution in [3.63, 3.8) is 0 Å². The van der Waals surface area contributed by atoms with Gasteiger partial charge in [-0.3, -0.25) is 4.68 Å². The highest BCUT2D eigenvalue weighted by Gasteiger charge is 2.10. The fourth-order valence-electron chi connectivity index (χ4n) is 3.10. The summed E-state index contributed by atoms with van der Waals surface area (Å²) in [7, 11) is 1.87. The zero-order chi connectivity index (χ0) is 21.6. The van der Waals surface area contributed by atoms with Gasteiger partial charge in [-0.05, 0) is 38.1 Å². The average molecular weight is 456 g/mol. The molecule has 3 heterocycles. The number of pyridine rings is 1. The Bertz CT molecular complexity index is 1180. The molecule has 0 amide bonds. The minimum absolute atomic E-state index is 0. The van der Waals surface area contributed by atoms with Gasteiger partial charge in [-0.25, -0.2) is 15.0 Å². The third-order valence-electron chi connectivity index (χ3n) is 4.67. The van der Waals surface area contributed by atoms with Crippen LogP contribution in [-0.2, 0) is 7.05 Å². The Balaban J connectivity index is 0.00000289. The van der Waals surface area contributed by atoms with E-state index in [0.29, 0.717) is 29.9 Å². The van der Waals surface area contributed by atoms with Gasteiger partial charge in [0.1, 0.15) is 36.8 Å². The number of aromatic nitrogens is 5. The first-order valence-corrected chi connectivity index (χ1v) is 10.2. The zero-order valence-corrected chi connectivity index (χ0v) is 19.0. The molecule has 0 saturated carbocycles. The Morgan fingerprint density at radius 2 is 1.97 bits per heavy atom. The number of nitrogens with two attached hydrogens (primary N) is 1. The molecule has 0 bridgehead atoms. The lowest BCUT2D eigenvalue weighted by molar-refractivity contribution is -0.652. The smallest absolute Gasteiger partial charge is 0.222 e. The van der Waals surface area contributed by atoms with Crippen molar-refractivity contribution in [1.82, 2.24) is 24.7 Å². The van der Waals surface area contributed by atoms with Crippen LogP contribution in [-0.4, -0.2) is 44.4 Å². The number of likely N-dealkylation sites (N-methyl/N-ethyl adjacent to an activating group) is 1. The van der Waals surface area contributed by atoms with Crippen LogP contribution >= 0.6 is 0 Å². The van der Waals surface area contributed by atoms with Crippen molar-refractivity contribution in [1.29, 1.82) is 0 Å². The molecule has 0 aliphatic rings. The van der Waals surface area contributed by atoms with Crippen molar-refractivity contribution in [2.75, 3.05) is 25.0 Å². The highest BCUT2D eigenvalue weighted by molar-refractivity contribution is 5.91. The van der Waals surface area contributed by atoms with E-state index in [2.05, 4.69) is 37.6 Å². The molecular formula is C22H26ClN7O2. The molecule has 0 spiro atoms. The Morgan fingerprint density at radius 1 is 1.09 bits per heavy atom. The average Bonchev–Trinajstić information content (AvgIpc) is 3.18. The maximum atomic E-state index is 6.05. The van der Waals surface area contributed by atoms with E-state index in [9.17, 15) is 0 Å². The predicted molar refractivity (Wildman–Crippen MR) is 118 cm³/mol. The molecule has 0 atom stereocenters. The maximum absolute atomic E-state index is 6.05. The van der Waals surface area contributed by atoms with E-state index in [0.717, 1.165) is 35.3 Å². The molecule has 0 saturated heterocycles. The Morgan fingerprint density at radius 3 is 2.72 bits per heavy atom. The van der Waals surface area contributed by atoms with Crippen LogP contribution in [0.25, 0.3) is 10.9 Å². The van der Waals surface area contributed by atoms with Gasteiger partial charge in [0.15, 0.2) is 5.82 Å². The molecule has 4 aromatic rings. The fraction of sp³-hybridized carbons (Fsp3) is 0.273. The zero-order valence-electron chi connectivity index (χ0n) is 18.2. The lowest BCUT2D eigenvalue weighted by atomic mass is 10.2. The van der Waals surface area contributed by atoms with Gasteiger partial charge in [0.25, 0.3) is 0 Å². The summed E-state index contributed by atoms with van der Waals surface area (Å²) in [6.45, 7) is 6.68. The Labute approximate surface area is 192 Å². The summed E-state index contributed by atoms with van der Waals surface area (Å²) in [6.07, 6.45) is 5.08. The minimum Gasteiger partial charge on any atom is -1.00 e. The summed E-state index contributed by atoms with van der Waals surface area (Å²) < 4.78 is 13.5. The van der Waals surface area contributed by atoms with Crippen LogP contribution in [0, 0.1) is 6.92 Å². The summed E-state index contributed by atoms with van der Waals surface area (Å²) in [4.78, 5) is 13.1. The second-order valence-electron chi connectivity index (χ2n) is 7.13. The lowest BCUT2D eigenvalue weighted by Crippen LogP contribution is -3.00. The molecule has 4 rings (SSSR count). The summed E-state index contributed by atoms with van der Waals surface area (Å²) in [5.41, 5.74) is 1.70. The van der Waals surface area contributed by atoms with Crippen molar-refractivity contribution in [3.8, 4) is 17.4 Å². The Kier molecular flexibility index (Phi) is 7.80. The summed E-state index contributed by atoms with van der Waals surface area (Å²) >= 11 is 0. The number of quaternary nitrogens is 1. The van der Waals surface area contributed by atoms with Crippen LogP contribution in [0.1, 0.15) is 12.5 Å². The van der Waals surface area contributed by atoms with Gasteiger partial charge >= 0.3 is 0 Å². The topological polar surface area (TPSA) is 104 Å². The predicted octanol–water partition coefficient (Wildman–Crippen LogP) is -0.431. The van der Waals surface area contributed by atoms with E-state index >= 15 is 0 Å². The first kappa shape index (κ1) is 23.2. The molecule has 1 aromatic carbocycles. The quantitative estimate of drug-likeness (QED) is 0.330. The first-order chi connectivity index (χ1) is 15.1. The molecule has 0 aliphatic carbocycles. The summed E-state index contributed by atoms with van der Waals surface area (Å²) in [5, 5.41) is 10.6. The number of ether oxygens (including phenoxy) is 2. The van der Waals surface area contributed by atoms with E-state index in [1.54, 1.807) is 10.9 Å². The lowest BCUT2D eigenvalue weighted by Gasteiger charge is -2.11. The highest BCUT2D eigenvalue weighted by atomic mass is 35.5. The van der Waals surface area contributed by atoms with Gasteiger partial charge in [-0.1, -0.05) is 0 Å². The normalized spacial score (nSPS) is 10.6. The number of hydrogen-bond donors (Lipinski definition) is 2. The van der Waals surface area contributed by atoms with E-state index in [4.69, 9.17) is 9.47 Å². The van der Waals surface area contributed by atoms with Crippen LogP contribution in [0.15, 0.2) is 49.1 Å². The molecule has 3 N–H and O–H groups in total. The molecule has 0 fully saturated rings. The number of hydrogen-bond acceptors (Lipinski definition) is 7. The molecule has 3 aromatic heterocycles. The number of nitrogens with one attached hydrogen (secondary N) is 1. The number of rotatable bonds is 9. The molecule has 0 radical (unpaired) electrons.